The predicted molar refractivity (Wildman–Crippen MR) is 133 cm³/mol. The van der Waals surface area contributed by atoms with E-state index in [4.69, 9.17) is 5.26 Å². The fourth-order valence-electron chi connectivity index (χ4n) is 3.56. The number of halogens is 3. The van der Waals surface area contributed by atoms with Gasteiger partial charge in [-0.2, -0.15) is 5.26 Å². The van der Waals surface area contributed by atoms with Crippen LogP contribution in [0.4, 0.5) is 24.5 Å². The van der Waals surface area contributed by atoms with Crippen LogP contribution in [0, 0.1) is 28.8 Å². The van der Waals surface area contributed by atoms with Gasteiger partial charge in [-0.25, -0.2) is 21.6 Å². The number of rotatable bonds is 8. The average Bonchev–Trinajstić information content (AvgIpc) is 2.85. The molecule has 0 atom stereocenters. The number of hydrogen-bond donors (Lipinski definition) is 2. The van der Waals surface area contributed by atoms with Gasteiger partial charge >= 0.3 is 0 Å². The third kappa shape index (κ3) is 6.18. The Morgan fingerprint density at radius 2 is 1.66 bits per heavy atom. The van der Waals surface area contributed by atoms with Crippen molar-refractivity contribution in [2.45, 2.75) is 37.5 Å². The highest BCUT2D eigenvalue weighted by atomic mass is 32.2. The van der Waals surface area contributed by atoms with Crippen molar-refractivity contribution in [2.75, 3.05) is 16.4 Å². The van der Waals surface area contributed by atoms with Crippen LogP contribution >= 0.6 is 0 Å². The molecule has 0 bridgehead atoms. The summed E-state index contributed by atoms with van der Waals surface area (Å²) in [6.07, 6.45) is 0.837. The van der Waals surface area contributed by atoms with Gasteiger partial charge < -0.3 is 10.6 Å². The number of sulfone groups is 1. The number of nitrogens with zero attached hydrogens (tertiary/aromatic N) is 2. The van der Waals surface area contributed by atoms with E-state index < -0.39 is 50.1 Å². The fraction of sp³-hybridized carbons (Fsp3) is 0.231. The molecule has 1 aromatic heterocycles. The minimum absolute atomic E-state index is 0.0102. The third-order valence-electron chi connectivity index (χ3n) is 5.74. The standard InChI is InChI=1S/C26H23F3N4O4S/c1-4-38(36,37)18-7-6-16(31-14-18)12-23(34)32-17-10-20(28)24(21(29)11-17)26(2,3)25(35)33-22-9-15(13-30)5-8-19(22)27/h5-11,14H,4,12H2,1-3H3,(H,32,34)(H,33,35). The maximum Gasteiger partial charge on any atom is 0.234 e. The van der Waals surface area contributed by atoms with Crippen molar-refractivity contribution >= 4 is 33.0 Å². The Bertz CT molecular complexity index is 1530. The smallest absolute Gasteiger partial charge is 0.234 e. The summed E-state index contributed by atoms with van der Waals surface area (Å²) >= 11 is 0. The van der Waals surface area contributed by atoms with Gasteiger partial charge in [0.05, 0.1) is 39.8 Å². The molecule has 0 fully saturated rings. The molecule has 2 N–H and O–H groups in total. The molecule has 0 aliphatic heterocycles. The van der Waals surface area contributed by atoms with Gasteiger partial charge in [0.1, 0.15) is 17.5 Å². The zero-order valence-corrected chi connectivity index (χ0v) is 21.4. The topological polar surface area (TPSA) is 129 Å². The largest absolute Gasteiger partial charge is 0.326 e. The Balaban J connectivity index is 1.76. The van der Waals surface area contributed by atoms with E-state index in [0.29, 0.717) is 0 Å². The molecule has 0 saturated carbocycles. The summed E-state index contributed by atoms with van der Waals surface area (Å²) in [6.45, 7) is 3.96. The summed E-state index contributed by atoms with van der Waals surface area (Å²) < 4.78 is 67.9. The molecule has 3 rings (SSSR count). The molecule has 1 heterocycles. The lowest BCUT2D eigenvalue weighted by Gasteiger charge is -2.26. The number of carbonyl (C=O) groups is 2. The third-order valence-corrected chi connectivity index (χ3v) is 7.46. The van der Waals surface area contributed by atoms with E-state index in [1.54, 1.807) is 6.07 Å². The van der Waals surface area contributed by atoms with Crippen LogP contribution < -0.4 is 10.6 Å². The molecule has 3 aromatic rings. The molecule has 2 aromatic carbocycles. The summed E-state index contributed by atoms with van der Waals surface area (Å²) in [5.74, 6) is -4.78. The van der Waals surface area contributed by atoms with Crippen LogP contribution in [0.3, 0.4) is 0 Å². The zero-order chi connectivity index (χ0) is 28.3. The zero-order valence-electron chi connectivity index (χ0n) is 20.6. The number of amides is 2. The average molecular weight is 545 g/mol. The molecule has 198 valence electrons. The van der Waals surface area contributed by atoms with Crippen LogP contribution in [0.5, 0.6) is 0 Å². The number of nitriles is 1. The van der Waals surface area contributed by atoms with E-state index in [-0.39, 0.29) is 39.7 Å². The summed E-state index contributed by atoms with van der Waals surface area (Å²) in [5, 5.41) is 13.6. The Hall–Kier alpha value is -4.24. The summed E-state index contributed by atoms with van der Waals surface area (Å²) in [5.41, 5.74) is -2.64. The fourth-order valence-corrected chi connectivity index (χ4v) is 4.38. The Labute approximate surface area is 217 Å². The Morgan fingerprint density at radius 3 is 2.21 bits per heavy atom. The monoisotopic (exact) mass is 544 g/mol. The van der Waals surface area contributed by atoms with Crippen molar-refractivity contribution < 1.29 is 31.2 Å². The van der Waals surface area contributed by atoms with Gasteiger partial charge in [-0.1, -0.05) is 6.92 Å². The molecule has 0 aliphatic rings. The molecule has 0 saturated heterocycles. The first-order valence-corrected chi connectivity index (χ1v) is 12.9. The van der Waals surface area contributed by atoms with Gasteiger partial charge in [0.25, 0.3) is 0 Å². The molecule has 0 spiro atoms. The minimum atomic E-state index is -3.45. The second kappa shape index (κ2) is 11.0. The molecular weight excluding hydrogens is 521 g/mol. The van der Waals surface area contributed by atoms with E-state index in [0.717, 1.165) is 30.5 Å². The second-order valence-electron chi connectivity index (χ2n) is 8.81. The van der Waals surface area contributed by atoms with Crippen LogP contribution in [0.25, 0.3) is 0 Å². The van der Waals surface area contributed by atoms with Gasteiger partial charge in [0.2, 0.25) is 11.8 Å². The molecule has 8 nitrogen and oxygen atoms in total. The summed E-state index contributed by atoms with van der Waals surface area (Å²) in [6, 6.07) is 9.46. The molecule has 0 aliphatic carbocycles. The van der Waals surface area contributed by atoms with Gasteiger partial charge in [-0.05, 0) is 56.3 Å². The van der Waals surface area contributed by atoms with Crippen molar-refractivity contribution in [1.82, 2.24) is 4.98 Å². The first kappa shape index (κ1) is 28.3. The highest BCUT2D eigenvalue weighted by Crippen LogP contribution is 2.32. The highest BCUT2D eigenvalue weighted by molar-refractivity contribution is 7.91. The number of carbonyl (C=O) groups excluding carboxylic acids is 2. The van der Waals surface area contributed by atoms with E-state index in [1.165, 1.54) is 39.0 Å². The van der Waals surface area contributed by atoms with Gasteiger partial charge in [-0.3, -0.25) is 14.6 Å². The first-order chi connectivity index (χ1) is 17.8. The molecule has 12 heteroatoms. The number of benzene rings is 2. The number of anilines is 2. The van der Waals surface area contributed by atoms with Gasteiger partial charge in [-0.15, -0.1) is 0 Å². The Morgan fingerprint density at radius 1 is 1.00 bits per heavy atom. The maximum absolute atomic E-state index is 15.0. The molecule has 38 heavy (non-hydrogen) atoms. The molecule has 0 unspecified atom stereocenters. The number of nitrogens with one attached hydrogen (secondary N) is 2. The lowest BCUT2D eigenvalue weighted by Crippen LogP contribution is -2.37. The van der Waals surface area contributed by atoms with Crippen LogP contribution in [-0.4, -0.2) is 31.0 Å². The summed E-state index contributed by atoms with van der Waals surface area (Å²) in [4.78, 5) is 29.2. The van der Waals surface area contributed by atoms with Crippen molar-refractivity contribution in [1.29, 1.82) is 5.26 Å². The van der Waals surface area contributed by atoms with Crippen LogP contribution in [0.1, 0.15) is 37.6 Å². The lowest BCUT2D eigenvalue weighted by molar-refractivity contribution is -0.120. The van der Waals surface area contributed by atoms with Crippen molar-refractivity contribution in [2.24, 2.45) is 0 Å². The van der Waals surface area contributed by atoms with Crippen molar-refractivity contribution in [3.05, 3.63) is 82.9 Å². The number of hydrogen-bond acceptors (Lipinski definition) is 6. The lowest BCUT2D eigenvalue weighted by atomic mass is 9.82. The van der Waals surface area contributed by atoms with E-state index >= 15 is 8.78 Å². The normalized spacial score (nSPS) is 11.5. The number of pyridine rings is 1. The quantitative estimate of drug-likeness (QED) is 0.436. The van der Waals surface area contributed by atoms with Crippen LogP contribution in [-0.2, 0) is 31.3 Å². The van der Waals surface area contributed by atoms with E-state index in [1.807, 2.05) is 0 Å². The van der Waals surface area contributed by atoms with Crippen molar-refractivity contribution in [3.8, 4) is 6.07 Å². The van der Waals surface area contributed by atoms with Crippen LogP contribution in [0.15, 0.2) is 53.6 Å². The SMILES string of the molecule is CCS(=O)(=O)c1ccc(CC(=O)Nc2cc(F)c(C(C)(C)C(=O)Nc3cc(C#N)ccc3F)c(F)c2)nc1. The van der Waals surface area contributed by atoms with Gasteiger partial charge in [0, 0.05) is 23.1 Å². The second-order valence-corrected chi connectivity index (χ2v) is 11.1. The molecule has 0 radical (unpaired) electrons. The molecular formula is C26H23F3N4O4S. The maximum atomic E-state index is 15.0. The van der Waals surface area contributed by atoms with E-state index in [9.17, 15) is 22.4 Å². The highest BCUT2D eigenvalue weighted by Gasteiger charge is 2.36. The predicted octanol–water partition coefficient (Wildman–Crippen LogP) is 4.26. The van der Waals surface area contributed by atoms with E-state index in [2.05, 4.69) is 15.6 Å². The van der Waals surface area contributed by atoms with Gasteiger partial charge in [0.15, 0.2) is 9.84 Å². The Kier molecular flexibility index (Phi) is 8.22. The molecule has 2 amide bonds. The summed E-state index contributed by atoms with van der Waals surface area (Å²) in [7, 11) is -3.45. The van der Waals surface area contributed by atoms with Crippen molar-refractivity contribution in [3.63, 3.8) is 0 Å². The minimum Gasteiger partial charge on any atom is -0.326 e. The number of aromatic nitrogens is 1. The first-order valence-electron chi connectivity index (χ1n) is 11.3. The van der Waals surface area contributed by atoms with Crippen LogP contribution in [0.2, 0.25) is 0 Å².